The maximum atomic E-state index is 11.6. The molecule has 0 aliphatic carbocycles. The van der Waals surface area contributed by atoms with E-state index in [0.717, 1.165) is 25.8 Å². The van der Waals surface area contributed by atoms with Crippen LogP contribution in [-0.4, -0.2) is 38.4 Å². The number of amides is 1. The first kappa shape index (κ1) is 11.7. The second-order valence-corrected chi connectivity index (χ2v) is 4.61. The smallest absolute Gasteiger partial charge is 0.240 e. The van der Waals surface area contributed by atoms with Gasteiger partial charge in [-0.3, -0.25) is 4.79 Å². The Morgan fingerprint density at radius 2 is 2.26 bits per heavy atom. The molecule has 19 heavy (non-hydrogen) atoms. The summed E-state index contributed by atoms with van der Waals surface area (Å²) in [4.78, 5) is 28.8. The van der Waals surface area contributed by atoms with Gasteiger partial charge in [0.15, 0.2) is 11.5 Å². The van der Waals surface area contributed by atoms with E-state index in [2.05, 4.69) is 19.9 Å². The summed E-state index contributed by atoms with van der Waals surface area (Å²) in [6, 6.07) is -0.352. The molecule has 0 radical (unpaired) electrons. The summed E-state index contributed by atoms with van der Waals surface area (Å²) in [7, 11) is 0. The number of nitrogen functional groups attached to an aromatic ring is 1. The molecule has 0 aromatic carbocycles. The van der Waals surface area contributed by atoms with Gasteiger partial charge in [0, 0.05) is 6.54 Å². The molecule has 1 fully saturated rings. The van der Waals surface area contributed by atoms with Crippen LogP contribution >= 0.6 is 0 Å². The van der Waals surface area contributed by atoms with Gasteiger partial charge in [-0.1, -0.05) is 0 Å². The number of imidazole rings is 1. The average molecular weight is 261 g/mol. The van der Waals surface area contributed by atoms with Gasteiger partial charge in [-0.05, 0) is 19.3 Å². The van der Waals surface area contributed by atoms with Crippen LogP contribution in [0.1, 0.15) is 19.3 Å². The van der Waals surface area contributed by atoms with Gasteiger partial charge in [0.25, 0.3) is 0 Å². The molecule has 0 bridgehead atoms. The van der Waals surface area contributed by atoms with Crippen molar-refractivity contribution in [3.63, 3.8) is 0 Å². The van der Waals surface area contributed by atoms with E-state index in [-0.39, 0.29) is 17.9 Å². The second kappa shape index (κ2) is 4.38. The molecule has 100 valence electrons. The Balaban J connectivity index is 2.11. The number of hydrogen-bond acceptors (Lipinski definition) is 6. The van der Waals surface area contributed by atoms with Gasteiger partial charge in [-0.25, -0.2) is 4.98 Å². The zero-order valence-electron chi connectivity index (χ0n) is 10.3. The number of piperidine rings is 1. The molecule has 5 N–H and O–H groups in total. The lowest BCUT2D eigenvalue weighted by Crippen LogP contribution is -2.48. The minimum atomic E-state index is -0.352. The van der Waals surface area contributed by atoms with Crippen LogP contribution in [0.15, 0.2) is 6.33 Å². The number of nitrogens with two attached hydrogens (primary N) is 2. The highest BCUT2D eigenvalue weighted by Gasteiger charge is 2.30. The molecule has 8 heteroatoms. The van der Waals surface area contributed by atoms with Gasteiger partial charge in [0.05, 0.1) is 6.33 Å². The molecule has 1 aliphatic heterocycles. The maximum absolute atomic E-state index is 11.6. The molecule has 0 spiro atoms. The zero-order chi connectivity index (χ0) is 13.4. The lowest BCUT2D eigenvalue weighted by atomic mass is 10.0. The highest BCUT2D eigenvalue weighted by Crippen LogP contribution is 2.28. The third-order valence-electron chi connectivity index (χ3n) is 3.39. The van der Waals surface area contributed by atoms with Crippen molar-refractivity contribution in [3.05, 3.63) is 6.33 Å². The van der Waals surface area contributed by atoms with Crippen molar-refractivity contribution in [2.45, 2.75) is 25.3 Å². The molecule has 3 rings (SSSR count). The van der Waals surface area contributed by atoms with Gasteiger partial charge < -0.3 is 21.4 Å². The maximum Gasteiger partial charge on any atom is 0.240 e. The number of nitrogens with one attached hydrogen (secondary N) is 1. The van der Waals surface area contributed by atoms with Crippen molar-refractivity contribution >= 4 is 28.8 Å². The van der Waals surface area contributed by atoms with Crippen molar-refractivity contribution < 1.29 is 4.79 Å². The van der Waals surface area contributed by atoms with Crippen LogP contribution < -0.4 is 16.4 Å². The van der Waals surface area contributed by atoms with Crippen LogP contribution in [0.4, 0.5) is 11.8 Å². The number of nitrogens with zero attached hydrogens (tertiary/aromatic N) is 4. The SMILES string of the molecule is NC(=O)C1CCCCN1c1nc(N)nc2nc[nH]c12. The fraction of sp³-hybridized carbons (Fsp3) is 0.455. The van der Waals surface area contributed by atoms with Crippen molar-refractivity contribution in [2.24, 2.45) is 5.73 Å². The van der Waals surface area contributed by atoms with E-state index in [9.17, 15) is 4.79 Å². The number of rotatable bonds is 2. The Labute approximate surface area is 109 Å². The predicted octanol–water partition coefficient (Wildman–Crippen LogP) is -0.221. The largest absolute Gasteiger partial charge is 0.368 e. The molecule has 8 nitrogen and oxygen atoms in total. The van der Waals surface area contributed by atoms with E-state index >= 15 is 0 Å². The molecule has 1 unspecified atom stereocenters. The lowest BCUT2D eigenvalue weighted by molar-refractivity contribution is -0.119. The number of aromatic nitrogens is 4. The average Bonchev–Trinajstić information content (AvgIpc) is 2.85. The summed E-state index contributed by atoms with van der Waals surface area (Å²) in [5, 5.41) is 0. The van der Waals surface area contributed by atoms with Crippen molar-refractivity contribution in [3.8, 4) is 0 Å². The molecular weight excluding hydrogens is 246 g/mol. The Hall–Kier alpha value is -2.38. The number of fused-ring (bicyclic) bond motifs is 1. The van der Waals surface area contributed by atoms with Gasteiger partial charge in [-0.15, -0.1) is 0 Å². The number of primary amides is 1. The molecule has 1 atom stereocenters. The number of carbonyl (C=O) groups is 1. The zero-order valence-corrected chi connectivity index (χ0v) is 10.3. The Morgan fingerprint density at radius 3 is 3.05 bits per heavy atom. The molecule has 1 amide bonds. The standard InChI is InChI=1S/C11H15N7O/c12-8(19)6-3-1-2-4-18(6)10-7-9(15-5-14-7)16-11(13)17-10/h5-6H,1-4H2,(H2,12,19)(H3,13,14,15,16,17). The van der Waals surface area contributed by atoms with Gasteiger partial charge in [0.2, 0.25) is 11.9 Å². The van der Waals surface area contributed by atoms with Crippen LogP contribution in [-0.2, 0) is 4.79 Å². The highest BCUT2D eigenvalue weighted by atomic mass is 16.1. The molecular formula is C11H15N7O. The summed E-state index contributed by atoms with van der Waals surface area (Å²) >= 11 is 0. The number of anilines is 2. The van der Waals surface area contributed by atoms with Crippen molar-refractivity contribution in [1.82, 2.24) is 19.9 Å². The van der Waals surface area contributed by atoms with Crippen LogP contribution in [0.25, 0.3) is 11.2 Å². The number of aromatic amines is 1. The third kappa shape index (κ3) is 1.94. The summed E-state index contributed by atoms with van der Waals surface area (Å²) in [5.74, 6) is 0.399. The first-order chi connectivity index (χ1) is 9.16. The molecule has 2 aromatic heterocycles. The predicted molar refractivity (Wildman–Crippen MR) is 70.3 cm³/mol. The fourth-order valence-corrected chi connectivity index (χ4v) is 2.52. The Bertz CT molecular complexity index is 623. The summed E-state index contributed by atoms with van der Waals surface area (Å²) in [6.45, 7) is 0.720. The van der Waals surface area contributed by atoms with Crippen LogP contribution in [0.5, 0.6) is 0 Å². The van der Waals surface area contributed by atoms with Gasteiger partial charge in [-0.2, -0.15) is 9.97 Å². The lowest BCUT2D eigenvalue weighted by Gasteiger charge is -2.34. The van der Waals surface area contributed by atoms with Gasteiger partial charge in [0.1, 0.15) is 11.6 Å². The highest BCUT2D eigenvalue weighted by molar-refractivity contribution is 5.89. The fourth-order valence-electron chi connectivity index (χ4n) is 2.52. The minimum Gasteiger partial charge on any atom is -0.368 e. The summed E-state index contributed by atoms with van der Waals surface area (Å²) in [5.41, 5.74) is 12.3. The quantitative estimate of drug-likeness (QED) is 0.685. The minimum absolute atomic E-state index is 0.142. The Morgan fingerprint density at radius 1 is 1.42 bits per heavy atom. The number of H-pyrrole nitrogens is 1. The number of hydrogen-bond donors (Lipinski definition) is 3. The monoisotopic (exact) mass is 261 g/mol. The summed E-state index contributed by atoms with van der Waals surface area (Å²) < 4.78 is 0. The van der Waals surface area contributed by atoms with E-state index in [1.165, 1.54) is 6.33 Å². The second-order valence-electron chi connectivity index (χ2n) is 4.61. The topological polar surface area (TPSA) is 127 Å². The molecule has 1 aliphatic rings. The first-order valence-electron chi connectivity index (χ1n) is 6.19. The van der Waals surface area contributed by atoms with E-state index in [4.69, 9.17) is 11.5 Å². The van der Waals surface area contributed by atoms with E-state index < -0.39 is 0 Å². The first-order valence-corrected chi connectivity index (χ1v) is 6.19. The normalized spacial score (nSPS) is 19.8. The molecule has 2 aromatic rings. The van der Waals surface area contributed by atoms with Crippen molar-refractivity contribution in [2.75, 3.05) is 17.2 Å². The Kier molecular flexibility index (Phi) is 2.69. The number of carbonyl (C=O) groups excluding carboxylic acids is 1. The molecule has 0 saturated carbocycles. The molecule has 1 saturated heterocycles. The van der Waals surface area contributed by atoms with Crippen molar-refractivity contribution in [1.29, 1.82) is 0 Å². The molecule has 3 heterocycles. The van der Waals surface area contributed by atoms with Gasteiger partial charge >= 0.3 is 0 Å². The van der Waals surface area contributed by atoms with E-state index in [1.807, 2.05) is 4.90 Å². The van der Waals surface area contributed by atoms with E-state index in [1.54, 1.807) is 0 Å². The van der Waals surface area contributed by atoms with Crippen LogP contribution in [0.2, 0.25) is 0 Å². The third-order valence-corrected chi connectivity index (χ3v) is 3.39. The van der Waals surface area contributed by atoms with Crippen LogP contribution in [0.3, 0.4) is 0 Å². The van der Waals surface area contributed by atoms with Crippen LogP contribution in [0, 0.1) is 0 Å². The van der Waals surface area contributed by atoms with E-state index in [0.29, 0.717) is 17.0 Å². The summed E-state index contributed by atoms with van der Waals surface area (Å²) in [6.07, 6.45) is 4.24.